The molecule has 3 nitrogen and oxygen atoms in total. The molecular weight excluding hydrogens is 440 g/mol. The maximum absolute atomic E-state index is 12.8. The van der Waals surface area contributed by atoms with Crippen LogP contribution in [0.25, 0.3) is 5.57 Å². The van der Waals surface area contributed by atoms with Crippen molar-refractivity contribution in [2.45, 2.75) is 64.2 Å². The van der Waals surface area contributed by atoms with E-state index in [4.69, 9.17) is 0 Å². The summed E-state index contributed by atoms with van der Waals surface area (Å²) in [6.07, 6.45) is 15.3. The highest BCUT2D eigenvalue weighted by Crippen LogP contribution is 2.29. The van der Waals surface area contributed by atoms with Crippen molar-refractivity contribution >= 4 is 11.5 Å². The highest BCUT2D eigenvalue weighted by molar-refractivity contribution is 5.80. The molecule has 2 heterocycles. The molecule has 0 saturated carbocycles. The van der Waals surface area contributed by atoms with Crippen LogP contribution in [0.4, 0.5) is 0 Å². The van der Waals surface area contributed by atoms with Crippen molar-refractivity contribution < 1.29 is 4.79 Å². The highest BCUT2D eigenvalue weighted by Gasteiger charge is 2.22. The summed E-state index contributed by atoms with van der Waals surface area (Å²) >= 11 is 0. The lowest BCUT2D eigenvalue weighted by atomic mass is 9.89. The second-order valence-corrected chi connectivity index (χ2v) is 9.97. The smallest absolute Gasteiger partial charge is 0.222 e. The largest absolute Gasteiger partial charge is 0.343 e. The summed E-state index contributed by atoms with van der Waals surface area (Å²) in [6.45, 7) is 1.76. The van der Waals surface area contributed by atoms with E-state index in [-0.39, 0.29) is 0 Å². The molecule has 0 radical (unpaired) electrons. The number of hydrogen-bond acceptors (Lipinski definition) is 2. The van der Waals surface area contributed by atoms with E-state index in [1.807, 2.05) is 12.3 Å². The van der Waals surface area contributed by atoms with Gasteiger partial charge in [-0.15, -0.1) is 0 Å². The van der Waals surface area contributed by atoms with Crippen LogP contribution in [0.1, 0.15) is 74.6 Å². The quantitative estimate of drug-likeness (QED) is 0.249. The van der Waals surface area contributed by atoms with Crippen molar-refractivity contribution in [2.75, 3.05) is 13.1 Å². The fourth-order valence-electron chi connectivity index (χ4n) is 5.14. The fourth-order valence-corrected chi connectivity index (χ4v) is 5.14. The summed E-state index contributed by atoms with van der Waals surface area (Å²) in [5.41, 5.74) is 5.03. The van der Waals surface area contributed by atoms with E-state index in [1.165, 1.54) is 48.1 Å². The van der Waals surface area contributed by atoms with Gasteiger partial charge < -0.3 is 4.90 Å². The molecule has 0 unspecified atom stereocenters. The van der Waals surface area contributed by atoms with Crippen LogP contribution in [-0.4, -0.2) is 28.9 Å². The van der Waals surface area contributed by atoms with E-state index in [0.717, 1.165) is 45.2 Å². The summed E-state index contributed by atoms with van der Waals surface area (Å²) in [4.78, 5) is 19.3. The first-order valence-electron chi connectivity index (χ1n) is 13.8. The lowest BCUT2D eigenvalue weighted by molar-refractivity contribution is -0.132. The molecule has 4 rings (SSSR count). The molecule has 1 aliphatic heterocycles. The molecule has 1 aliphatic rings. The summed E-state index contributed by atoms with van der Waals surface area (Å²) < 4.78 is 0. The number of carbonyl (C=O) groups excluding carboxylic acids is 1. The molecule has 2 aromatic carbocycles. The van der Waals surface area contributed by atoms with Crippen LogP contribution in [0, 0.1) is 5.92 Å². The molecule has 0 atom stereocenters. The average molecular weight is 481 g/mol. The first-order valence-corrected chi connectivity index (χ1v) is 13.8. The number of likely N-dealkylation sites (tertiary alicyclic amines) is 1. The van der Waals surface area contributed by atoms with Crippen molar-refractivity contribution in [3.8, 4) is 0 Å². The third kappa shape index (κ3) is 8.19. The molecule has 1 fully saturated rings. The van der Waals surface area contributed by atoms with Gasteiger partial charge in [0, 0.05) is 31.4 Å². The number of nitrogens with zero attached hydrogens (tertiary/aromatic N) is 2. The Hall–Kier alpha value is -3.20. The van der Waals surface area contributed by atoms with Crippen LogP contribution in [0.15, 0.2) is 91.1 Å². The predicted octanol–water partition coefficient (Wildman–Crippen LogP) is 7.73. The van der Waals surface area contributed by atoms with Crippen LogP contribution in [0.5, 0.6) is 0 Å². The number of piperidine rings is 1. The van der Waals surface area contributed by atoms with Crippen LogP contribution in [0.2, 0.25) is 0 Å². The minimum absolute atomic E-state index is 0.346. The number of aromatic nitrogens is 1. The molecule has 3 heteroatoms. The number of allylic oxidation sites excluding steroid dienone is 1. The highest BCUT2D eigenvalue weighted by atomic mass is 16.2. The topological polar surface area (TPSA) is 33.2 Å². The molecule has 0 bridgehead atoms. The second-order valence-electron chi connectivity index (χ2n) is 9.97. The number of rotatable bonds is 12. The average Bonchev–Trinajstić information content (AvgIpc) is 2.95. The van der Waals surface area contributed by atoms with E-state index in [9.17, 15) is 4.79 Å². The van der Waals surface area contributed by atoms with E-state index in [1.54, 1.807) is 0 Å². The lowest BCUT2D eigenvalue weighted by Crippen LogP contribution is -2.38. The minimum Gasteiger partial charge on any atom is -0.343 e. The number of benzene rings is 2. The van der Waals surface area contributed by atoms with Crippen molar-refractivity contribution in [1.82, 2.24) is 9.88 Å². The number of hydrogen-bond donors (Lipinski definition) is 0. The summed E-state index contributed by atoms with van der Waals surface area (Å²) in [7, 11) is 0. The van der Waals surface area contributed by atoms with Gasteiger partial charge in [-0.25, -0.2) is 0 Å². The van der Waals surface area contributed by atoms with Gasteiger partial charge in [0.15, 0.2) is 0 Å². The number of unbranched alkanes of at least 4 members (excludes halogenated alkanes) is 5. The van der Waals surface area contributed by atoms with Crippen LogP contribution >= 0.6 is 0 Å². The number of pyridine rings is 1. The molecule has 0 aliphatic carbocycles. The number of aryl methyl sites for hydroxylation is 1. The van der Waals surface area contributed by atoms with Gasteiger partial charge in [-0.05, 0) is 66.9 Å². The van der Waals surface area contributed by atoms with Crippen LogP contribution < -0.4 is 0 Å². The van der Waals surface area contributed by atoms with Crippen molar-refractivity contribution in [3.05, 3.63) is 108 Å². The van der Waals surface area contributed by atoms with Crippen LogP contribution in [0.3, 0.4) is 0 Å². The zero-order valence-electron chi connectivity index (χ0n) is 21.5. The third-order valence-electron chi connectivity index (χ3n) is 7.26. The Morgan fingerprint density at radius 3 is 1.94 bits per heavy atom. The van der Waals surface area contributed by atoms with Crippen molar-refractivity contribution in [3.63, 3.8) is 0 Å². The summed E-state index contributed by atoms with van der Waals surface area (Å²) in [5, 5.41) is 0. The normalized spacial score (nSPS) is 13.9. The fraction of sp³-hybridized carbons (Fsp3) is 0.394. The molecule has 0 N–H and O–H groups in total. The van der Waals surface area contributed by atoms with Gasteiger partial charge in [0.2, 0.25) is 5.91 Å². The van der Waals surface area contributed by atoms with Gasteiger partial charge in [-0.2, -0.15) is 0 Å². The first kappa shape index (κ1) is 25.9. The maximum Gasteiger partial charge on any atom is 0.222 e. The molecule has 188 valence electrons. The molecule has 1 amide bonds. The van der Waals surface area contributed by atoms with E-state index >= 15 is 0 Å². The number of amides is 1. The summed E-state index contributed by atoms with van der Waals surface area (Å²) in [6, 6.07) is 27.5. The lowest BCUT2D eigenvalue weighted by Gasteiger charge is -2.31. The monoisotopic (exact) mass is 480 g/mol. The van der Waals surface area contributed by atoms with Gasteiger partial charge in [0.1, 0.15) is 0 Å². The molecule has 3 aromatic rings. The Kier molecular flexibility index (Phi) is 10.3. The van der Waals surface area contributed by atoms with Gasteiger partial charge in [-0.1, -0.05) is 98.5 Å². The predicted molar refractivity (Wildman–Crippen MR) is 150 cm³/mol. The Morgan fingerprint density at radius 1 is 0.750 bits per heavy atom. The summed E-state index contributed by atoms with van der Waals surface area (Å²) in [5.74, 6) is 0.856. The van der Waals surface area contributed by atoms with Gasteiger partial charge in [0.25, 0.3) is 0 Å². The van der Waals surface area contributed by atoms with E-state index < -0.39 is 0 Å². The Balaban J connectivity index is 1.15. The van der Waals surface area contributed by atoms with Crippen LogP contribution in [-0.2, 0) is 11.2 Å². The Morgan fingerprint density at radius 2 is 1.33 bits per heavy atom. The molecule has 1 aromatic heterocycles. The second kappa shape index (κ2) is 14.4. The van der Waals surface area contributed by atoms with E-state index in [0.29, 0.717) is 18.2 Å². The molecule has 0 spiro atoms. The van der Waals surface area contributed by atoms with E-state index in [2.05, 4.69) is 88.8 Å². The van der Waals surface area contributed by atoms with Crippen molar-refractivity contribution in [2.24, 2.45) is 5.92 Å². The number of carbonyl (C=O) groups is 1. The Bertz CT molecular complexity index is 1010. The zero-order chi connectivity index (χ0) is 24.8. The minimum atomic E-state index is 0.346. The maximum atomic E-state index is 12.8. The molecule has 1 saturated heterocycles. The Labute approximate surface area is 217 Å². The van der Waals surface area contributed by atoms with Crippen molar-refractivity contribution in [1.29, 1.82) is 0 Å². The standard InChI is InChI=1S/C33H40N2O/c36-33(21-12-4-2-1-3-11-19-31-20-13-14-24-34-31)35-25-22-28(23-26-35)27-32(29-15-7-5-8-16-29)30-17-9-6-10-18-30/h5-10,13-18,20,24,27-28H,1-4,11-12,19,21-23,25-26H2. The van der Waals surface area contributed by atoms with Gasteiger partial charge >= 0.3 is 0 Å². The molecular formula is C33H40N2O. The van der Waals surface area contributed by atoms with Gasteiger partial charge in [-0.3, -0.25) is 9.78 Å². The third-order valence-corrected chi connectivity index (χ3v) is 7.26. The van der Waals surface area contributed by atoms with Gasteiger partial charge in [0.05, 0.1) is 0 Å². The SMILES string of the molecule is O=C(CCCCCCCCc1ccccn1)N1CCC(C=C(c2ccccc2)c2ccccc2)CC1. The zero-order valence-corrected chi connectivity index (χ0v) is 21.5. The first-order chi connectivity index (χ1) is 17.8. The molecule has 36 heavy (non-hydrogen) atoms.